The topological polar surface area (TPSA) is 66.4 Å². The summed E-state index contributed by atoms with van der Waals surface area (Å²) in [6.07, 6.45) is 8.90. The van der Waals surface area contributed by atoms with E-state index >= 15 is 0 Å². The van der Waals surface area contributed by atoms with E-state index in [1.54, 1.807) is 18.2 Å². The molecule has 2 N–H and O–H groups in total. The van der Waals surface area contributed by atoms with Crippen molar-refractivity contribution in [2.45, 2.75) is 54.7 Å². The molecule has 0 unspecified atom stereocenters. The van der Waals surface area contributed by atoms with Crippen LogP contribution in [0.1, 0.15) is 44.9 Å². The lowest BCUT2D eigenvalue weighted by molar-refractivity contribution is 0.253. The molecule has 118 valence electrons. The summed E-state index contributed by atoms with van der Waals surface area (Å²) in [7, 11) is -3.54. The maximum absolute atomic E-state index is 12.5. The normalized spacial score (nSPS) is 19.1. The summed E-state index contributed by atoms with van der Waals surface area (Å²) in [5.74, 6) is 0. The number of rotatable bonds is 6. The van der Waals surface area contributed by atoms with Crippen molar-refractivity contribution in [2.24, 2.45) is 0 Å². The first-order chi connectivity index (χ1) is 9.97. The first kappa shape index (κ1) is 16.8. The predicted molar refractivity (Wildman–Crippen MR) is 86.5 cm³/mol. The minimum Gasteiger partial charge on any atom is -0.516 e. The number of aliphatic hydroxyl groups excluding tert-OH is 1. The molecule has 0 aliphatic heterocycles. The first-order valence-corrected chi connectivity index (χ1v) is 9.74. The van der Waals surface area contributed by atoms with Gasteiger partial charge in [-0.1, -0.05) is 36.9 Å². The fraction of sp³-hybridized carbons (Fsp3) is 0.571. The van der Waals surface area contributed by atoms with E-state index in [0.29, 0.717) is 17.2 Å². The quantitative estimate of drug-likeness (QED) is 0.755. The molecule has 0 saturated heterocycles. The van der Waals surface area contributed by atoms with Gasteiger partial charge >= 0.3 is 0 Å². The molecule has 0 atom stereocenters. The Morgan fingerprint density at radius 3 is 2.62 bits per heavy atom. The van der Waals surface area contributed by atoms with Crippen LogP contribution in [0.4, 0.5) is 0 Å². The largest absolute Gasteiger partial charge is 0.516 e. The van der Waals surface area contributed by atoms with Gasteiger partial charge in [-0.15, -0.1) is 11.3 Å². The number of nitrogens with one attached hydrogen (secondary N) is 1. The third kappa shape index (κ3) is 4.45. The Morgan fingerprint density at radius 2 is 2.05 bits per heavy atom. The number of allylic oxidation sites excluding steroid dienone is 1. The van der Waals surface area contributed by atoms with Crippen LogP contribution in [-0.2, 0) is 10.0 Å². The van der Waals surface area contributed by atoms with Gasteiger partial charge in [0.05, 0.1) is 10.6 Å². The summed E-state index contributed by atoms with van der Waals surface area (Å²) in [4.78, 5) is 0. The molecule has 1 heterocycles. The van der Waals surface area contributed by atoms with E-state index in [1.165, 1.54) is 0 Å². The van der Waals surface area contributed by atoms with Crippen molar-refractivity contribution in [1.29, 1.82) is 0 Å². The molecular weight excluding hydrogens is 330 g/mol. The van der Waals surface area contributed by atoms with Crippen molar-refractivity contribution in [3.63, 3.8) is 0 Å². The smallest absolute Gasteiger partial charge is 0.250 e. The van der Waals surface area contributed by atoms with Crippen LogP contribution in [0.25, 0.3) is 0 Å². The maximum atomic E-state index is 12.5. The molecule has 1 fully saturated rings. The molecular formula is C14H20ClNO3S2. The summed E-state index contributed by atoms with van der Waals surface area (Å²) in [5, 5.41) is 8.76. The highest BCUT2D eigenvalue weighted by Gasteiger charge is 2.36. The summed E-state index contributed by atoms with van der Waals surface area (Å²) in [5.41, 5.74) is -0.410. The molecule has 2 rings (SSSR count). The van der Waals surface area contributed by atoms with Crippen molar-refractivity contribution in [2.75, 3.05) is 0 Å². The molecule has 21 heavy (non-hydrogen) atoms. The lowest BCUT2D eigenvalue weighted by Gasteiger charge is -2.37. The van der Waals surface area contributed by atoms with Gasteiger partial charge in [0.1, 0.15) is 4.21 Å². The lowest BCUT2D eigenvalue weighted by Crippen LogP contribution is -2.49. The molecule has 0 amide bonds. The lowest BCUT2D eigenvalue weighted by atomic mass is 9.79. The van der Waals surface area contributed by atoms with Crippen LogP contribution in [0.5, 0.6) is 0 Å². The van der Waals surface area contributed by atoms with Crippen LogP contribution in [0, 0.1) is 0 Å². The van der Waals surface area contributed by atoms with Crippen LogP contribution < -0.4 is 4.72 Å². The standard InChI is InChI=1S/C14H20ClNO3S2/c15-12-6-7-13(20-12)21(18,19)16-14(10-4-5-11-17)8-2-1-3-9-14/h5-7,11,16-17H,1-4,8-10H2. The molecule has 0 spiro atoms. The minimum absolute atomic E-state index is 0.259. The van der Waals surface area contributed by atoms with Crippen molar-refractivity contribution in [3.8, 4) is 0 Å². The summed E-state index contributed by atoms with van der Waals surface area (Å²) >= 11 is 6.91. The molecule has 1 aromatic heterocycles. The SMILES string of the molecule is O=S(=O)(NC1(CCC=CO)CCCCC1)c1ccc(Cl)s1. The Balaban J connectivity index is 2.17. The number of hydrogen-bond acceptors (Lipinski definition) is 4. The number of thiophene rings is 1. The van der Waals surface area contributed by atoms with Gasteiger partial charge in [-0.3, -0.25) is 0 Å². The highest BCUT2D eigenvalue weighted by molar-refractivity contribution is 7.91. The van der Waals surface area contributed by atoms with Gasteiger partial charge in [-0.25, -0.2) is 13.1 Å². The van der Waals surface area contributed by atoms with Crippen molar-refractivity contribution in [1.82, 2.24) is 4.72 Å². The third-order valence-electron chi connectivity index (χ3n) is 3.87. The molecule has 1 saturated carbocycles. The van der Waals surface area contributed by atoms with E-state index in [0.717, 1.165) is 49.7 Å². The highest BCUT2D eigenvalue weighted by Crippen LogP contribution is 2.35. The fourth-order valence-corrected chi connectivity index (χ4v) is 5.81. The van der Waals surface area contributed by atoms with Crippen LogP contribution in [0.15, 0.2) is 28.7 Å². The number of hydrogen-bond donors (Lipinski definition) is 2. The zero-order valence-electron chi connectivity index (χ0n) is 11.7. The van der Waals surface area contributed by atoms with E-state index in [4.69, 9.17) is 16.7 Å². The van der Waals surface area contributed by atoms with E-state index in [1.807, 2.05) is 0 Å². The second-order valence-electron chi connectivity index (χ2n) is 5.43. The van der Waals surface area contributed by atoms with Crippen molar-refractivity contribution >= 4 is 33.0 Å². The van der Waals surface area contributed by atoms with Gasteiger partial charge in [0.2, 0.25) is 0 Å². The molecule has 1 aliphatic carbocycles. The fourth-order valence-electron chi connectivity index (χ4n) is 2.84. The molecule has 0 radical (unpaired) electrons. The molecule has 7 heteroatoms. The zero-order valence-corrected chi connectivity index (χ0v) is 14.1. The maximum Gasteiger partial charge on any atom is 0.250 e. The number of aliphatic hydroxyl groups is 1. The molecule has 1 aliphatic rings. The van der Waals surface area contributed by atoms with E-state index in [9.17, 15) is 8.42 Å². The second kappa shape index (κ2) is 7.13. The Hall–Kier alpha value is -0.560. The number of halogens is 1. The first-order valence-electron chi connectivity index (χ1n) is 7.06. The van der Waals surface area contributed by atoms with Crippen molar-refractivity contribution < 1.29 is 13.5 Å². The van der Waals surface area contributed by atoms with Gasteiger partial charge in [-0.2, -0.15) is 0 Å². The molecule has 0 bridgehead atoms. The number of sulfonamides is 1. The van der Waals surface area contributed by atoms with Gasteiger partial charge in [0.15, 0.2) is 0 Å². The summed E-state index contributed by atoms with van der Waals surface area (Å²) < 4.78 is 28.7. The van der Waals surface area contributed by atoms with Crippen LogP contribution in [0.3, 0.4) is 0 Å². The Bertz CT molecular complexity index is 589. The van der Waals surface area contributed by atoms with Crippen LogP contribution in [-0.4, -0.2) is 19.1 Å². The minimum atomic E-state index is -3.54. The molecule has 1 aromatic rings. The Morgan fingerprint density at radius 1 is 1.33 bits per heavy atom. The highest BCUT2D eigenvalue weighted by atomic mass is 35.5. The van der Waals surface area contributed by atoms with Gasteiger partial charge < -0.3 is 5.11 Å². The second-order valence-corrected chi connectivity index (χ2v) is 9.05. The summed E-state index contributed by atoms with van der Waals surface area (Å²) in [6.45, 7) is 0. The van der Waals surface area contributed by atoms with E-state index in [2.05, 4.69) is 4.72 Å². The molecule has 0 aromatic carbocycles. The monoisotopic (exact) mass is 349 g/mol. The van der Waals surface area contributed by atoms with E-state index in [-0.39, 0.29) is 4.21 Å². The molecule has 4 nitrogen and oxygen atoms in total. The van der Waals surface area contributed by atoms with E-state index < -0.39 is 15.6 Å². The average molecular weight is 350 g/mol. The average Bonchev–Trinajstić information content (AvgIpc) is 2.87. The third-order valence-corrected chi connectivity index (χ3v) is 7.17. The Kier molecular flexibility index (Phi) is 5.71. The van der Waals surface area contributed by atoms with Crippen LogP contribution in [0.2, 0.25) is 4.34 Å². The predicted octanol–water partition coefficient (Wildman–Crippen LogP) is 4.23. The Labute approximate surface area is 134 Å². The van der Waals surface area contributed by atoms with Crippen molar-refractivity contribution in [3.05, 3.63) is 28.8 Å². The summed E-state index contributed by atoms with van der Waals surface area (Å²) in [6, 6.07) is 3.14. The van der Waals surface area contributed by atoms with Gasteiger partial charge in [0.25, 0.3) is 10.0 Å². The zero-order chi connectivity index (χ0) is 15.3. The van der Waals surface area contributed by atoms with Crippen LogP contribution >= 0.6 is 22.9 Å². The van der Waals surface area contributed by atoms with Gasteiger partial charge in [0, 0.05) is 5.54 Å². The van der Waals surface area contributed by atoms with Gasteiger partial charge in [-0.05, 0) is 37.8 Å².